The minimum atomic E-state index is -0.0869. The van der Waals surface area contributed by atoms with Crippen LogP contribution in [0.1, 0.15) is 35.4 Å². The van der Waals surface area contributed by atoms with Crippen LogP contribution < -0.4 is 0 Å². The third-order valence-electron chi connectivity index (χ3n) is 3.53. The Morgan fingerprint density at radius 1 is 1.38 bits per heavy atom. The summed E-state index contributed by atoms with van der Waals surface area (Å²) in [6.45, 7) is 4.17. The Bertz CT molecular complexity index is 405. The van der Waals surface area contributed by atoms with Crippen LogP contribution in [0, 0.1) is 19.8 Å². The number of aryl methyl sites for hydroxylation is 1. The molecule has 1 saturated carbocycles. The quantitative estimate of drug-likeness (QED) is 0.729. The lowest BCUT2D eigenvalue weighted by Gasteiger charge is -2.17. The van der Waals surface area contributed by atoms with Gasteiger partial charge in [-0.3, -0.25) is 4.79 Å². The highest BCUT2D eigenvalue weighted by Crippen LogP contribution is 2.44. The molecule has 0 heterocycles. The summed E-state index contributed by atoms with van der Waals surface area (Å²) in [7, 11) is 1.48. The van der Waals surface area contributed by atoms with Gasteiger partial charge in [0.2, 0.25) is 0 Å². The maximum absolute atomic E-state index is 11.8. The van der Waals surface area contributed by atoms with Gasteiger partial charge in [0.05, 0.1) is 13.0 Å². The number of hydrogen-bond acceptors (Lipinski definition) is 2. The van der Waals surface area contributed by atoms with Crippen molar-refractivity contribution in [3.8, 4) is 0 Å². The van der Waals surface area contributed by atoms with Gasteiger partial charge in [0, 0.05) is 0 Å². The summed E-state index contributed by atoms with van der Waals surface area (Å²) >= 11 is 0. The van der Waals surface area contributed by atoms with E-state index in [0.717, 1.165) is 18.4 Å². The van der Waals surface area contributed by atoms with Crippen LogP contribution >= 0.6 is 0 Å². The van der Waals surface area contributed by atoms with Crippen molar-refractivity contribution in [1.82, 2.24) is 0 Å². The molecular formula is C14H18O2. The number of benzene rings is 1. The van der Waals surface area contributed by atoms with Crippen molar-refractivity contribution in [2.45, 2.75) is 32.6 Å². The molecule has 1 aliphatic carbocycles. The van der Waals surface area contributed by atoms with Gasteiger partial charge < -0.3 is 4.74 Å². The van der Waals surface area contributed by atoms with Crippen molar-refractivity contribution in [2.75, 3.05) is 7.11 Å². The zero-order valence-corrected chi connectivity index (χ0v) is 10.1. The fraction of sp³-hybridized carbons (Fsp3) is 0.500. The molecule has 0 radical (unpaired) electrons. The van der Waals surface area contributed by atoms with Gasteiger partial charge in [-0.05, 0) is 49.3 Å². The molecule has 0 spiro atoms. The molecule has 0 amide bonds. The second-order valence-electron chi connectivity index (χ2n) is 4.63. The van der Waals surface area contributed by atoms with E-state index < -0.39 is 0 Å². The Morgan fingerprint density at radius 2 is 2.06 bits per heavy atom. The highest BCUT2D eigenvalue weighted by Gasteiger charge is 2.38. The lowest BCUT2D eigenvalue weighted by Crippen LogP contribution is -2.17. The maximum atomic E-state index is 11.8. The van der Waals surface area contributed by atoms with Gasteiger partial charge in [0.1, 0.15) is 0 Å². The van der Waals surface area contributed by atoms with E-state index in [2.05, 4.69) is 26.0 Å². The van der Waals surface area contributed by atoms with Crippen molar-refractivity contribution in [1.29, 1.82) is 0 Å². The zero-order valence-electron chi connectivity index (χ0n) is 10.1. The van der Waals surface area contributed by atoms with Gasteiger partial charge >= 0.3 is 5.97 Å². The predicted octanol–water partition coefficient (Wildman–Crippen LogP) is 2.97. The van der Waals surface area contributed by atoms with Gasteiger partial charge in [0.25, 0.3) is 0 Å². The van der Waals surface area contributed by atoms with E-state index >= 15 is 0 Å². The first kappa shape index (κ1) is 11.2. The number of esters is 1. The van der Waals surface area contributed by atoms with Crippen LogP contribution in [0.5, 0.6) is 0 Å². The minimum absolute atomic E-state index is 0.0510. The molecule has 16 heavy (non-hydrogen) atoms. The molecular weight excluding hydrogens is 200 g/mol. The van der Waals surface area contributed by atoms with Crippen LogP contribution in [0.25, 0.3) is 0 Å². The van der Waals surface area contributed by atoms with Gasteiger partial charge in [-0.1, -0.05) is 18.2 Å². The molecule has 1 fully saturated rings. The number of rotatable bonds is 3. The summed E-state index contributed by atoms with van der Waals surface area (Å²) in [4.78, 5) is 11.8. The molecule has 86 valence electrons. The van der Waals surface area contributed by atoms with Gasteiger partial charge in [-0.25, -0.2) is 0 Å². The van der Waals surface area contributed by atoms with Crippen LogP contribution in [-0.2, 0) is 9.53 Å². The van der Waals surface area contributed by atoms with E-state index in [1.807, 2.05) is 6.07 Å². The molecule has 2 heteroatoms. The van der Waals surface area contributed by atoms with Crippen molar-refractivity contribution in [2.24, 2.45) is 5.92 Å². The standard InChI is InChI=1S/C14H18O2/c1-9-5-4-6-12(10(9)2)13(11-7-8-11)14(15)16-3/h4-6,11,13H,7-8H2,1-3H3. The van der Waals surface area contributed by atoms with E-state index in [1.54, 1.807) is 0 Å². The number of carbonyl (C=O) groups excluding carboxylic acids is 1. The lowest BCUT2D eigenvalue weighted by atomic mass is 9.89. The van der Waals surface area contributed by atoms with Gasteiger partial charge in [-0.15, -0.1) is 0 Å². The van der Waals surface area contributed by atoms with Crippen LogP contribution in [0.2, 0.25) is 0 Å². The normalized spacial score (nSPS) is 16.9. The van der Waals surface area contributed by atoms with E-state index in [0.29, 0.717) is 5.92 Å². The van der Waals surface area contributed by atoms with Crippen LogP contribution in [-0.4, -0.2) is 13.1 Å². The van der Waals surface area contributed by atoms with Crippen LogP contribution in [0.15, 0.2) is 18.2 Å². The zero-order chi connectivity index (χ0) is 11.7. The highest BCUT2D eigenvalue weighted by molar-refractivity contribution is 5.79. The van der Waals surface area contributed by atoms with E-state index in [9.17, 15) is 4.79 Å². The summed E-state index contributed by atoms with van der Waals surface area (Å²) in [6, 6.07) is 6.16. The smallest absolute Gasteiger partial charge is 0.313 e. The first-order chi connectivity index (χ1) is 7.65. The molecule has 0 N–H and O–H groups in total. The molecule has 1 atom stereocenters. The van der Waals surface area contributed by atoms with E-state index in [-0.39, 0.29) is 11.9 Å². The first-order valence-corrected chi connectivity index (χ1v) is 5.79. The largest absolute Gasteiger partial charge is 0.469 e. The fourth-order valence-corrected chi connectivity index (χ4v) is 2.24. The van der Waals surface area contributed by atoms with Gasteiger partial charge in [-0.2, -0.15) is 0 Å². The summed E-state index contributed by atoms with van der Waals surface area (Å²) < 4.78 is 4.92. The molecule has 0 aliphatic heterocycles. The maximum Gasteiger partial charge on any atom is 0.313 e. The minimum Gasteiger partial charge on any atom is -0.469 e. The Labute approximate surface area is 96.6 Å². The van der Waals surface area contributed by atoms with Crippen molar-refractivity contribution < 1.29 is 9.53 Å². The summed E-state index contributed by atoms with van der Waals surface area (Å²) in [5.74, 6) is 0.356. The molecule has 1 aromatic rings. The lowest BCUT2D eigenvalue weighted by molar-refractivity contribution is -0.143. The second-order valence-corrected chi connectivity index (χ2v) is 4.63. The second kappa shape index (κ2) is 4.28. The summed E-state index contributed by atoms with van der Waals surface area (Å²) in [5, 5.41) is 0. The Balaban J connectivity index is 2.38. The Kier molecular flexibility index (Phi) is 2.99. The molecule has 2 nitrogen and oxygen atoms in total. The Morgan fingerprint density at radius 3 is 2.62 bits per heavy atom. The molecule has 1 unspecified atom stereocenters. The molecule has 0 saturated heterocycles. The van der Waals surface area contributed by atoms with Crippen molar-refractivity contribution >= 4 is 5.97 Å². The topological polar surface area (TPSA) is 26.3 Å². The van der Waals surface area contributed by atoms with E-state index in [1.165, 1.54) is 18.2 Å². The third-order valence-corrected chi connectivity index (χ3v) is 3.53. The first-order valence-electron chi connectivity index (χ1n) is 5.79. The summed E-state index contributed by atoms with van der Waals surface area (Å²) in [6.07, 6.45) is 2.29. The van der Waals surface area contributed by atoms with Crippen molar-refractivity contribution in [3.05, 3.63) is 34.9 Å². The van der Waals surface area contributed by atoms with Crippen LogP contribution in [0.3, 0.4) is 0 Å². The Hall–Kier alpha value is -1.31. The molecule has 1 aromatic carbocycles. The third kappa shape index (κ3) is 1.97. The average Bonchev–Trinajstić information content (AvgIpc) is 3.08. The SMILES string of the molecule is COC(=O)C(c1cccc(C)c1C)C1CC1. The number of carbonyl (C=O) groups is 1. The van der Waals surface area contributed by atoms with Crippen LogP contribution in [0.4, 0.5) is 0 Å². The molecule has 1 aliphatic rings. The van der Waals surface area contributed by atoms with Gasteiger partial charge in [0.15, 0.2) is 0 Å². The average molecular weight is 218 g/mol. The fourth-order valence-electron chi connectivity index (χ4n) is 2.24. The highest BCUT2D eigenvalue weighted by atomic mass is 16.5. The van der Waals surface area contributed by atoms with Crippen molar-refractivity contribution in [3.63, 3.8) is 0 Å². The number of hydrogen-bond donors (Lipinski definition) is 0. The monoisotopic (exact) mass is 218 g/mol. The number of ether oxygens (including phenoxy) is 1. The number of methoxy groups -OCH3 is 1. The predicted molar refractivity (Wildman–Crippen MR) is 63.4 cm³/mol. The molecule has 2 rings (SSSR count). The molecule has 0 bridgehead atoms. The molecule has 0 aromatic heterocycles. The summed E-state index contributed by atoms with van der Waals surface area (Å²) in [5.41, 5.74) is 3.62. The van der Waals surface area contributed by atoms with E-state index in [4.69, 9.17) is 4.74 Å².